The molecule has 10 heteroatoms. The molecule has 1 aliphatic rings. The zero-order valence-corrected chi connectivity index (χ0v) is 21.3. The highest BCUT2D eigenvalue weighted by atomic mass is 19.1. The van der Waals surface area contributed by atoms with Gasteiger partial charge in [-0.15, -0.1) is 0 Å². The van der Waals surface area contributed by atoms with E-state index in [1.54, 1.807) is 23.4 Å². The average molecular weight is 516 g/mol. The molecular weight excluding hydrogens is 485 g/mol. The summed E-state index contributed by atoms with van der Waals surface area (Å²) in [4.78, 5) is 23.0. The molecule has 0 radical (unpaired) electrons. The highest BCUT2D eigenvalue weighted by Gasteiger charge is 2.33. The fraction of sp³-hybridized carbons (Fsp3) is 0.286. The van der Waals surface area contributed by atoms with E-state index in [0.717, 1.165) is 23.8 Å². The third kappa shape index (κ3) is 5.35. The van der Waals surface area contributed by atoms with Crippen molar-refractivity contribution in [2.75, 3.05) is 12.3 Å². The van der Waals surface area contributed by atoms with Crippen molar-refractivity contribution in [3.05, 3.63) is 72.8 Å². The van der Waals surface area contributed by atoms with Crippen molar-refractivity contribution < 1.29 is 13.9 Å². The number of ether oxygens (including phenoxy) is 1. The number of nitrogens with zero attached hydrogens (tertiary/aromatic N) is 5. The Morgan fingerprint density at radius 2 is 1.84 bits per heavy atom. The molecule has 3 heterocycles. The van der Waals surface area contributed by atoms with Gasteiger partial charge in [-0.3, -0.25) is 4.79 Å². The Morgan fingerprint density at radius 1 is 1.13 bits per heavy atom. The molecule has 1 fully saturated rings. The summed E-state index contributed by atoms with van der Waals surface area (Å²) >= 11 is 0. The molecule has 5 rings (SSSR count). The number of rotatable bonds is 7. The first-order valence-corrected chi connectivity index (χ1v) is 12.5. The van der Waals surface area contributed by atoms with Gasteiger partial charge in [-0.1, -0.05) is 18.2 Å². The fourth-order valence-electron chi connectivity index (χ4n) is 4.68. The Hall–Kier alpha value is -4.31. The molecule has 0 spiro atoms. The van der Waals surface area contributed by atoms with Gasteiger partial charge in [0.05, 0.1) is 18.0 Å². The van der Waals surface area contributed by atoms with E-state index in [9.17, 15) is 9.18 Å². The number of benzene rings is 2. The molecule has 1 amide bonds. The fourth-order valence-corrected chi connectivity index (χ4v) is 4.68. The smallest absolute Gasteiger partial charge is 0.282 e. The predicted molar refractivity (Wildman–Crippen MR) is 144 cm³/mol. The quantitative estimate of drug-likeness (QED) is 0.348. The van der Waals surface area contributed by atoms with E-state index < -0.39 is 17.3 Å². The second-order valence-corrected chi connectivity index (χ2v) is 10.0. The molecule has 1 saturated heterocycles. The van der Waals surface area contributed by atoms with Crippen molar-refractivity contribution in [3.63, 3.8) is 0 Å². The molecule has 1 aliphatic heterocycles. The van der Waals surface area contributed by atoms with Crippen LogP contribution in [0.25, 0.3) is 22.3 Å². The van der Waals surface area contributed by atoms with Gasteiger partial charge in [0.25, 0.3) is 5.91 Å². The minimum absolute atomic E-state index is 0.253. The molecule has 0 saturated carbocycles. The van der Waals surface area contributed by atoms with E-state index in [2.05, 4.69) is 9.97 Å². The summed E-state index contributed by atoms with van der Waals surface area (Å²) in [5.41, 5.74) is 13.2. The number of amides is 1. The Balaban J connectivity index is 1.43. The number of likely N-dealkylation sites (tertiary alicyclic amines) is 1. The molecule has 196 valence electrons. The first-order chi connectivity index (χ1) is 18.2. The Morgan fingerprint density at radius 3 is 2.55 bits per heavy atom. The van der Waals surface area contributed by atoms with Crippen LogP contribution in [0.1, 0.15) is 26.7 Å². The highest BCUT2D eigenvalue weighted by Crippen LogP contribution is 2.33. The second kappa shape index (κ2) is 10.2. The maximum atomic E-state index is 14.7. The molecule has 4 aromatic rings. The minimum atomic E-state index is -0.932. The topological polar surface area (TPSA) is 125 Å². The van der Waals surface area contributed by atoms with E-state index in [1.807, 2.05) is 54.6 Å². The molecule has 9 nitrogen and oxygen atoms in total. The van der Waals surface area contributed by atoms with Crippen molar-refractivity contribution in [2.45, 2.75) is 44.8 Å². The molecule has 2 aromatic heterocycles. The van der Waals surface area contributed by atoms with E-state index in [1.165, 1.54) is 6.33 Å². The summed E-state index contributed by atoms with van der Waals surface area (Å²) in [5.74, 6) is 0.221. The van der Waals surface area contributed by atoms with Crippen LogP contribution in [0.3, 0.4) is 0 Å². The lowest BCUT2D eigenvalue weighted by Gasteiger charge is -2.25. The third-order valence-electron chi connectivity index (χ3n) is 6.39. The number of hydrogen-bond donors (Lipinski definition) is 2. The summed E-state index contributed by atoms with van der Waals surface area (Å²) in [6.45, 7) is 4.08. The number of hydrogen-bond acceptors (Lipinski definition) is 7. The van der Waals surface area contributed by atoms with E-state index in [0.29, 0.717) is 47.8 Å². The molecule has 1 atom stereocenters. The largest absolute Gasteiger partial charge is 0.457 e. The van der Waals surface area contributed by atoms with Gasteiger partial charge in [-0.2, -0.15) is 5.10 Å². The van der Waals surface area contributed by atoms with Crippen LogP contribution < -0.4 is 16.2 Å². The number of halogens is 1. The summed E-state index contributed by atoms with van der Waals surface area (Å²) in [7, 11) is 0. The number of aromatic nitrogens is 4. The lowest BCUT2D eigenvalue weighted by molar-refractivity contribution is -0.129. The number of para-hydroxylation sites is 1. The second-order valence-electron chi connectivity index (χ2n) is 10.0. The van der Waals surface area contributed by atoms with Gasteiger partial charge in [-0.05, 0) is 69.2 Å². The monoisotopic (exact) mass is 515 g/mol. The van der Waals surface area contributed by atoms with Crippen molar-refractivity contribution in [3.8, 4) is 22.8 Å². The summed E-state index contributed by atoms with van der Waals surface area (Å²) in [6.07, 6.45) is 4.03. The van der Waals surface area contributed by atoms with Gasteiger partial charge in [0.15, 0.2) is 11.5 Å². The standard InChI is InChI=1S/C28H30FN7O2/c1-28(2,31)15-22(29)27(37)35-14-6-7-19(35)16-36-26-23(25(30)32-17-33-26)24(34-36)18-10-12-21(13-11-18)38-20-8-4-3-5-9-20/h3-5,8-13,15,17,19H,6-7,14,16,31H2,1-2H3,(H2,30,32,33)/t19-/m1/s1. The van der Waals surface area contributed by atoms with Crippen molar-refractivity contribution >= 4 is 22.8 Å². The van der Waals surface area contributed by atoms with Gasteiger partial charge in [0, 0.05) is 17.6 Å². The zero-order chi connectivity index (χ0) is 26.9. The summed E-state index contributed by atoms with van der Waals surface area (Å²) in [6, 6.07) is 16.8. The number of fused-ring (bicyclic) bond motifs is 1. The first-order valence-electron chi connectivity index (χ1n) is 12.5. The van der Waals surface area contributed by atoms with E-state index >= 15 is 0 Å². The molecule has 4 N–H and O–H groups in total. The minimum Gasteiger partial charge on any atom is -0.457 e. The van der Waals surface area contributed by atoms with Crippen molar-refractivity contribution in [2.24, 2.45) is 5.73 Å². The first kappa shape index (κ1) is 25.3. The molecule has 0 bridgehead atoms. The van der Waals surface area contributed by atoms with Gasteiger partial charge in [0.2, 0.25) is 0 Å². The van der Waals surface area contributed by atoms with Crippen molar-refractivity contribution in [1.82, 2.24) is 24.6 Å². The molecule has 38 heavy (non-hydrogen) atoms. The van der Waals surface area contributed by atoms with E-state index in [4.69, 9.17) is 21.3 Å². The van der Waals surface area contributed by atoms with Crippen LogP contribution in [0.15, 0.2) is 72.8 Å². The normalized spacial score (nSPS) is 16.3. The van der Waals surface area contributed by atoms with Crippen LogP contribution in [-0.2, 0) is 11.3 Å². The van der Waals surface area contributed by atoms with Crippen LogP contribution in [0.4, 0.5) is 10.2 Å². The number of carbonyl (C=O) groups excluding carboxylic acids is 1. The number of nitrogens with two attached hydrogens (primary N) is 2. The molecule has 2 aromatic carbocycles. The van der Waals surface area contributed by atoms with Gasteiger partial charge >= 0.3 is 0 Å². The third-order valence-corrected chi connectivity index (χ3v) is 6.39. The lowest BCUT2D eigenvalue weighted by Crippen LogP contribution is -2.39. The highest BCUT2D eigenvalue weighted by molar-refractivity contribution is 5.98. The molecule has 0 aliphatic carbocycles. The number of anilines is 1. The van der Waals surface area contributed by atoms with Gasteiger partial charge in [0.1, 0.15) is 29.3 Å². The zero-order valence-electron chi connectivity index (χ0n) is 21.3. The van der Waals surface area contributed by atoms with Gasteiger partial charge < -0.3 is 21.1 Å². The van der Waals surface area contributed by atoms with Crippen molar-refractivity contribution in [1.29, 1.82) is 0 Å². The van der Waals surface area contributed by atoms with Crippen LogP contribution in [0.2, 0.25) is 0 Å². The Labute approximate surface area is 219 Å². The average Bonchev–Trinajstić information content (AvgIpc) is 3.49. The van der Waals surface area contributed by atoms with E-state index in [-0.39, 0.29) is 6.04 Å². The molecule has 0 unspecified atom stereocenters. The SMILES string of the molecule is CC(C)(N)C=C(F)C(=O)N1CCC[C@@H]1Cn1nc(-c2ccc(Oc3ccccc3)cc2)c2c(N)ncnc21. The maximum absolute atomic E-state index is 14.7. The summed E-state index contributed by atoms with van der Waals surface area (Å²) in [5, 5.41) is 5.44. The van der Waals surface area contributed by atoms with Crippen LogP contribution in [0.5, 0.6) is 11.5 Å². The van der Waals surface area contributed by atoms with Gasteiger partial charge in [-0.25, -0.2) is 19.0 Å². The van der Waals surface area contributed by atoms with Crippen LogP contribution >= 0.6 is 0 Å². The lowest BCUT2D eigenvalue weighted by atomic mass is 10.1. The van der Waals surface area contributed by atoms with Crippen LogP contribution in [-0.4, -0.2) is 48.7 Å². The molecular formula is C28H30FN7O2. The predicted octanol–water partition coefficient (Wildman–Crippen LogP) is 4.45. The number of nitrogen functional groups attached to an aromatic ring is 1. The Kier molecular flexibility index (Phi) is 6.81. The number of carbonyl (C=O) groups is 1. The maximum Gasteiger partial charge on any atom is 0.282 e. The summed E-state index contributed by atoms with van der Waals surface area (Å²) < 4.78 is 22.3. The van der Waals surface area contributed by atoms with Crippen LogP contribution in [0, 0.1) is 0 Å². The Bertz CT molecular complexity index is 1480.